The van der Waals surface area contributed by atoms with Crippen LogP contribution in [0.25, 0.3) is 27.6 Å². The minimum atomic E-state index is -0.336. The lowest BCUT2D eigenvalue weighted by Gasteiger charge is -2.14. The van der Waals surface area contributed by atoms with Crippen LogP contribution in [0.1, 0.15) is 12.5 Å². The van der Waals surface area contributed by atoms with Gasteiger partial charge in [-0.3, -0.25) is 14.2 Å². The fraction of sp³-hybridized carbons (Fsp3) is 0.190. The second-order valence-electron chi connectivity index (χ2n) is 6.31. The highest BCUT2D eigenvalue weighted by Crippen LogP contribution is 2.27. The van der Waals surface area contributed by atoms with Gasteiger partial charge in [0.1, 0.15) is 11.0 Å². The summed E-state index contributed by atoms with van der Waals surface area (Å²) in [5, 5.41) is 1.34. The number of rotatable bonds is 5. The summed E-state index contributed by atoms with van der Waals surface area (Å²) in [5.41, 5.74) is 3.40. The summed E-state index contributed by atoms with van der Waals surface area (Å²) in [6.45, 7) is 4.03. The molecule has 142 valence electrons. The molecule has 28 heavy (non-hydrogen) atoms. The average molecular weight is 393 g/mol. The highest BCUT2D eigenvalue weighted by molar-refractivity contribution is 7.99. The number of benzene rings is 2. The molecule has 1 N–H and O–H groups in total. The van der Waals surface area contributed by atoms with Crippen LogP contribution in [0.4, 0.5) is 0 Å². The summed E-state index contributed by atoms with van der Waals surface area (Å²) in [4.78, 5) is 33.2. The van der Waals surface area contributed by atoms with E-state index in [0.29, 0.717) is 22.8 Å². The molecule has 0 amide bonds. The number of ether oxygens (including phenoxy) is 1. The molecule has 2 heterocycles. The average Bonchev–Trinajstić information content (AvgIpc) is 3.07. The normalized spacial score (nSPS) is 11.2. The van der Waals surface area contributed by atoms with Gasteiger partial charge in [-0.05, 0) is 31.5 Å². The van der Waals surface area contributed by atoms with Crippen LogP contribution < -0.4 is 5.56 Å². The first kappa shape index (κ1) is 18.3. The third-order valence-corrected chi connectivity index (χ3v) is 5.39. The summed E-state index contributed by atoms with van der Waals surface area (Å²) in [7, 11) is 0. The first-order chi connectivity index (χ1) is 13.6. The number of H-pyrrole nitrogens is 1. The summed E-state index contributed by atoms with van der Waals surface area (Å²) in [6, 6.07) is 15.3. The molecule has 0 saturated heterocycles. The molecule has 0 aliphatic rings. The van der Waals surface area contributed by atoms with Gasteiger partial charge in [-0.2, -0.15) is 0 Å². The molecule has 0 unspecified atom stereocenters. The zero-order valence-electron chi connectivity index (χ0n) is 15.6. The van der Waals surface area contributed by atoms with Crippen molar-refractivity contribution in [3.8, 4) is 5.69 Å². The molecule has 4 rings (SSSR count). The number of nitrogens with one attached hydrogen (secondary N) is 1. The van der Waals surface area contributed by atoms with Crippen LogP contribution in [-0.2, 0) is 9.53 Å². The van der Waals surface area contributed by atoms with E-state index >= 15 is 0 Å². The van der Waals surface area contributed by atoms with Gasteiger partial charge >= 0.3 is 5.97 Å². The second-order valence-corrected chi connectivity index (χ2v) is 7.25. The Morgan fingerprint density at radius 2 is 1.93 bits per heavy atom. The Balaban J connectivity index is 1.96. The van der Waals surface area contributed by atoms with Crippen LogP contribution in [-0.4, -0.2) is 32.9 Å². The van der Waals surface area contributed by atoms with E-state index < -0.39 is 0 Å². The molecule has 0 aliphatic carbocycles. The van der Waals surface area contributed by atoms with Gasteiger partial charge in [0.05, 0.1) is 18.0 Å². The van der Waals surface area contributed by atoms with Crippen molar-refractivity contribution in [3.05, 3.63) is 64.4 Å². The Kier molecular flexibility index (Phi) is 4.92. The molecular formula is C21H19N3O3S. The number of carbonyl (C=O) groups excluding carboxylic acids is 1. The predicted octanol–water partition coefficient (Wildman–Crippen LogP) is 3.83. The molecule has 0 atom stereocenters. The van der Waals surface area contributed by atoms with Crippen molar-refractivity contribution in [2.75, 3.05) is 12.4 Å². The first-order valence-corrected chi connectivity index (χ1v) is 9.96. The Bertz CT molecular complexity index is 1240. The van der Waals surface area contributed by atoms with Crippen molar-refractivity contribution < 1.29 is 9.53 Å². The number of para-hydroxylation sites is 2. The maximum Gasteiger partial charge on any atom is 0.316 e. The molecule has 4 aromatic rings. The summed E-state index contributed by atoms with van der Waals surface area (Å²) < 4.78 is 6.59. The lowest BCUT2D eigenvalue weighted by atomic mass is 10.2. The molecule has 6 nitrogen and oxygen atoms in total. The van der Waals surface area contributed by atoms with Gasteiger partial charge in [0, 0.05) is 10.9 Å². The molecule has 0 aliphatic heterocycles. The molecule has 0 spiro atoms. The maximum atomic E-state index is 13.4. The van der Waals surface area contributed by atoms with Gasteiger partial charge in [0.2, 0.25) is 0 Å². The van der Waals surface area contributed by atoms with Crippen LogP contribution >= 0.6 is 11.8 Å². The van der Waals surface area contributed by atoms with Crippen molar-refractivity contribution in [2.45, 2.75) is 19.0 Å². The van der Waals surface area contributed by atoms with E-state index in [9.17, 15) is 9.59 Å². The fourth-order valence-electron chi connectivity index (χ4n) is 3.19. The van der Waals surface area contributed by atoms with Crippen LogP contribution in [0.15, 0.2) is 58.5 Å². The maximum absolute atomic E-state index is 13.4. The Labute approximate surface area is 165 Å². The number of hydrogen-bond donors (Lipinski definition) is 1. The molecule has 2 aromatic carbocycles. The van der Waals surface area contributed by atoms with E-state index in [0.717, 1.165) is 22.2 Å². The van der Waals surface area contributed by atoms with Crippen LogP contribution in [0.3, 0.4) is 0 Å². The predicted molar refractivity (Wildman–Crippen MR) is 111 cm³/mol. The summed E-state index contributed by atoms with van der Waals surface area (Å²) >= 11 is 1.20. The van der Waals surface area contributed by atoms with Gasteiger partial charge in [-0.15, -0.1) is 0 Å². The monoisotopic (exact) mass is 393 g/mol. The number of aromatic amines is 1. The SMILES string of the molecule is CCOC(=O)CSc1nc2c([nH]c3ccccc32)c(=O)n1-c1ccccc1C. The first-order valence-electron chi connectivity index (χ1n) is 8.98. The number of thioether (sulfide) groups is 1. The van der Waals surface area contributed by atoms with E-state index in [1.807, 2.05) is 55.5 Å². The number of carbonyl (C=O) groups is 1. The van der Waals surface area contributed by atoms with E-state index in [1.54, 1.807) is 11.5 Å². The number of nitrogens with zero attached hydrogens (tertiary/aromatic N) is 2. The number of hydrogen-bond acceptors (Lipinski definition) is 5. The fourth-order valence-corrected chi connectivity index (χ4v) is 3.99. The smallest absolute Gasteiger partial charge is 0.316 e. The van der Waals surface area contributed by atoms with E-state index in [1.165, 1.54) is 11.8 Å². The highest BCUT2D eigenvalue weighted by Gasteiger charge is 2.19. The summed E-state index contributed by atoms with van der Waals surface area (Å²) in [5.74, 6) is -0.253. The van der Waals surface area contributed by atoms with Gasteiger partial charge < -0.3 is 9.72 Å². The zero-order chi connectivity index (χ0) is 19.7. The molecule has 2 aromatic heterocycles. The second kappa shape index (κ2) is 7.52. The highest BCUT2D eigenvalue weighted by atomic mass is 32.2. The summed E-state index contributed by atoms with van der Waals surface area (Å²) in [6.07, 6.45) is 0. The van der Waals surface area contributed by atoms with Gasteiger partial charge in [0.25, 0.3) is 5.56 Å². The quantitative estimate of drug-likeness (QED) is 0.317. The van der Waals surface area contributed by atoms with Crippen molar-refractivity contribution in [3.63, 3.8) is 0 Å². The van der Waals surface area contributed by atoms with E-state index in [4.69, 9.17) is 9.72 Å². The standard InChI is InChI=1S/C21H19N3O3S/c1-3-27-17(25)12-28-21-23-18-14-9-5-6-10-15(14)22-19(18)20(26)24(21)16-11-7-4-8-13(16)2/h4-11,22H,3,12H2,1-2H3. The lowest BCUT2D eigenvalue weighted by molar-refractivity contribution is -0.139. The molecule has 0 fully saturated rings. The Hall–Kier alpha value is -3.06. The van der Waals surface area contributed by atoms with Crippen LogP contribution in [0.2, 0.25) is 0 Å². The molecule has 7 heteroatoms. The van der Waals surface area contributed by atoms with Crippen molar-refractivity contribution in [1.29, 1.82) is 0 Å². The van der Waals surface area contributed by atoms with Crippen molar-refractivity contribution >= 4 is 39.7 Å². The zero-order valence-corrected chi connectivity index (χ0v) is 16.4. The van der Waals surface area contributed by atoms with Crippen molar-refractivity contribution in [1.82, 2.24) is 14.5 Å². The molecule has 0 saturated carbocycles. The number of aryl methyl sites for hydroxylation is 1. The lowest BCUT2D eigenvalue weighted by Crippen LogP contribution is -2.23. The number of fused-ring (bicyclic) bond motifs is 3. The number of esters is 1. The van der Waals surface area contributed by atoms with Gasteiger partial charge in [-0.1, -0.05) is 48.2 Å². The minimum absolute atomic E-state index is 0.0834. The Morgan fingerprint density at radius 3 is 2.71 bits per heavy atom. The van der Waals surface area contributed by atoms with Crippen LogP contribution in [0, 0.1) is 6.92 Å². The third-order valence-electron chi connectivity index (χ3n) is 4.48. The minimum Gasteiger partial charge on any atom is -0.465 e. The Morgan fingerprint density at radius 1 is 1.18 bits per heavy atom. The third kappa shape index (κ3) is 3.18. The molecule has 0 bridgehead atoms. The number of aromatic nitrogens is 3. The molecular weight excluding hydrogens is 374 g/mol. The van der Waals surface area contributed by atoms with Crippen molar-refractivity contribution in [2.24, 2.45) is 0 Å². The molecule has 0 radical (unpaired) electrons. The van der Waals surface area contributed by atoms with Crippen LogP contribution in [0.5, 0.6) is 0 Å². The largest absolute Gasteiger partial charge is 0.465 e. The van der Waals surface area contributed by atoms with E-state index in [2.05, 4.69) is 4.98 Å². The van der Waals surface area contributed by atoms with Gasteiger partial charge in [0.15, 0.2) is 5.16 Å². The topological polar surface area (TPSA) is 77.0 Å². The van der Waals surface area contributed by atoms with E-state index in [-0.39, 0.29) is 17.3 Å². The van der Waals surface area contributed by atoms with Gasteiger partial charge in [-0.25, -0.2) is 4.98 Å².